The van der Waals surface area contributed by atoms with Crippen molar-refractivity contribution in [2.75, 3.05) is 39.6 Å². The van der Waals surface area contributed by atoms with Crippen LogP contribution in [0, 0.1) is 23.7 Å². The molecule has 0 heterocycles. The Morgan fingerprint density at radius 3 is 0.835 bits per heavy atom. The molecular weight excluding hydrogens is 1130 g/mol. The molecule has 17 nitrogen and oxygen atoms in total. The Morgan fingerprint density at radius 1 is 0.329 bits per heavy atom. The highest BCUT2D eigenvalue weighted by Gasteiger charge is 2.30. The summed E-state index contributed by atoms with van der Waals surface area (Å²) in [7, 11) is -9.89. The van der Waals surface area contributed by atoms with Crippen LogP contribution in [0.1, 0.15) is 319 Å². The smallest absolute Gasteiger partial charge is 0.462 e. The molecule has 0 aromatic heterocycles. The largest absolute Gasteiger partial charge is 0.472 e. The minimum Gasteiger partial charge on any atom is -0.462 e. The molecule has 0 aromatic carbocycles. The van der Waals surface area contributed by atoms with Gasteiger partial charge in [0.05, 0.1) is 26.4 Å². The molecule has 0 saturated carbocycles. The third-order valence-electron chi connectivity index (χ3n) is 15.4. The van der Waals surface area contributed by atoms with Gasteiger partial charge >= 0.3 is 39.5 Å². The van der Waals surface area contributed by atoms with Gasteiger partial charge in [0, 0.05) is 25.7 Å². The van der Waals surface area contributed by atoms with Gasteiger partial charge in [-0.25, -0.2) is 9.13 Å². The Kier molecular flexibility index (Phi) is 54.8. The second-order valence-electron chi connectivity index (χ2n) is 25.5. The Morgan fingerprint density at radius 2 is 0.565 bits per heavy atom. The molecule has 0 aliphatic rings. The monoisotopic (exact) mass is 1250 g/mol. The molecule has 3 N–H and O–H groups in total. The fourth-order valence-electron chi connectivity index (χ4n) is 9.75. The highest BCUT2D eigenvalue weighted by molar-refractivity contribution is 7.47. The lowest BCUT2D eigenvalue weighted by Gasteiger charge is -2.21. The Labute approximate surface area is 517 Å². The van der Waals surface area contributed by atoms with Gasteiger partial charge in [0.15, 0.2) is 12.2 Å². The number of esters is 4. The maximum atomic E-state index is 13.0. The van der Waals surface area contributed by atoms with Gasteiger partial charge in [0.25, 0.3) is 0 Å². The van der Waals surface area contributed by atoms with E-state index < -0.39 is 97.5 Å². The number of rotatable bonds is 63. The van der Waals surface area contributed by atoms with Crippen LogP contribution < -0.4 is 0 Å². The van der Waals surface area contributed by atoms with Crippen LogP contribution in [0.2, 0.25) is 0 Å². The van der Waals surface area contributed by atoms with Crippen molar-refractivity contribution in [3.8, 4) is 0 Å². The van der Waals surface area contributed by atoms with E-state index in [9.17, 15) is 43.2 Å². The molecule has 0 fully saturated rings. The fraction of sp³-hybridized carbons (Fsp3) is 0.939. The quantitative estimate of drug-likeness (QED) is 0.0222. The summed E-state index contributed by atoms with van der Waals surface area (Å²) >= 11 is 0. The number of phosphoric ester groups is 2. The van der Waals surface area contributed by atoms with Gasteiger partial charge in [-0.2, -0.15) is 0 Å². The second-order valence-corrected chi connectivity index (χ2v) is 28.4. The van der Waals surface area contributed by atoms with Gasteiger partial charge in [-0.15, -0.1) is 0 Å². The van der Waals surface area contributed by atoms with E-state index in [4.69, 9.17) is 37.0 Å². The highest BCUT2D eigenvalue weighted by Crippen LogP contribution is 2.45. The van der Waals surface area contributed by atoms with Crippen molar-refractivity contribution in [2.45, 2.75) is 337 Å². The van der Waals surface area contributed by atoms with Crippen LogP contribution in [0.15, 0.2) is 0 Å². The summed E-state index contributed by atoms with van der Waals surface area (Å²) in [6, 6.07) is 0. The minimum absolute atomic E-state index is 0.103. The van der Waals surface area contributed by atoms with Gasteiger partial charge in [0.1, 0.15) is 19.3 Å². The van der Waals surface area contributed by atoms with Crippen LogP contribution in [-0.2, 0) is 65.4 Å². The first-order valence-corrected chi connectivity index (χ1v) is 37.2. The molecular formula is C66H128O17P2. The first-order chi connectivity index (χ1) is 40.6. The molecule has 0 saturated heterocycles. The lowest BCUT2D eigenvalue weighted by Crippen LogP contribution is -2.30. The normalized spacial score (nSPS) is 14.7. The average molecular weight is 1260 g/mol. The van der Waals surface area contributed by atoms with Crippen LogP contribution in [-0.4, -0.2) is 96.7 Å². The van der Waals surface area contributed by atoms with E-state index in [1.165, 1.54) is 116 Å². The van der Waals surface area contributed by atoms with Gasteiger partial charge < -0.3 is 33.8 Å². The zero-order valence-corrected chi connectivity index (χ0v) is 57.0. The maximum Gasteiger partial charge on any atom is 0.472 e. The molecule has 504 valence electrons. The molecule has 0 aromatic rings. The molecule has 0 bridgehead atoms. The van der Waals surface area contributed by atoms with Crippen LogP contribution in [0.5, 0.6) is 0 Å². The van der Waals surface area contributed by atoms with Crippen molar-refractivity contribution in [1.29, 1.82) is 0 Å². The molecule has 19 heteroatoms. The molecule has 85 heavy (non-hydrogen) atoms. The lowest BCUT2D eigenvalue weighted by molar-refractivity contribution is -0.161. The minimum atomic E-state index is -4.95. The maximum absolute atomic E-state index is 13.0. The first-order valence-electron chi connectivity index (χ1n) is 34.2. The van der Waals surface area contributed by atoms with Crippen LogP contribution in [0.3, 0.4) is 0 Å². The molecule has 0 aliphatic carbocycles. The summed E-state index contributed by atoms with van der Waals surface area (Å²) in [6.07, 6.45) is 36.3. The number of phosphoric acid groups is 2. The summed E-state index contributed by atoms with van der Waals surface area (Å²) < 4.78 is 68.1. The zero-order chi connectivity index (χ0) is 63.2. The molecule has 0 aliphatic heterocycles. The van der Waals surface area contributed by atoms with Crippen LogP contribution in [0.4, 0.5) is 0 Å². The van der Waals surface area contributed by atoms with Crippen molar-refractivity contribution < 1.29 is 80.2 Å². The Hall–Kier alpha value is -1.94. The van der Waals surface area contributed by atoms with Crippen molar-refractivity contribution >= 4 is 39.5 Å². The summed E-state index contributed by atoms with van der Waals surface area (Å²) in [4.78, 5) is 72.3. The third kappa shape index (κ3) is 59.5. The van der Waals surface area contributed by atoms with E-state index >= 15 is 0 Å². The van der Waals surface area contributed by atoms with Gasteiger partial charge in [0.2, 0.25) is 0 Å². The number of aliphatic hydroxyl groups is 1. The summed E-state index contributed by atoms with van der Waals surface area (Å²) in [5.74, 6) is 0.792. The third-order valence-corrected chi connectivity index (χ3v) is 17.3. The van der Waals surface area contributed by atoms with Crippen LogP contribution >= 0.6 is 15.6 Å². The lowest BCUT2D eigenvalue weighted by atomic mass is 9.99. The Balaban J connectivity index is 5.26. The van der Waals surface area contributed by atoms with Crippen molar-refractivity contribution in [2.24, 2.45) is 23.7 Å². The standard InChI is InChI=1S/C66H128O17P2/c1-9-59(8)45-37-29-20-16-17-21-30-38-46-63(68)76-52-61(82-65(70)48-40-32-22-14-10-12-18-26-34-42-56(2)3)54-80-84(72,73)78-50-60(67)51-79-85(74,75)81-55-62(53-77-64(69)47-39-31-25-24-28-36-44-58(6)7)83-66(71)49-41-33-23-15-11-13-19-27-35-43-57(4)5/h56-62,67H,9-55H2,1-8H3,(H,72,73)(H,74,75)/t59?,60-,61-,62-/m1/s1. The van der Waals surface area contributed by atoms with E-state index in [0.717, 1.165) is 114 Å². The Bertz CT molecular complexity index is 1700. The van der Waals surface area contributed by atoms with Crippen molar-refractivity contribution in [3.05, 3.63) is 0 Å². The molecule has 3 unspecified atom stereocenters. The highest BCUT2D eigenvalue weighted by atomic mass is 31.2. The average Bonchev–Trinajstić information content (AvgIpc) is 3.59. The van der Waals surface area contributed by atoms with Crippen molar-refractivity contribution in [1.82, 2.24) is 0 Å². The number of aliphatic hydroxyl groups excluding tert-OH is 1. The molecule has 6 atom stereocenters. The molecule has 0 amide bonds. The van der Waals surface area contributed by atoms with E-state index in [1.54, 1.807) is 0 Å². The second kappa shape index (κ2) is 56.1. The summed E-state index contributed by atoms with van der Waals surface area (Å²) in [5.41, 5.74) is 0. The van der Waals surface area contributed by atoms with Gasteiger partial charge in [-0.3, -0.25) is 37.3 Å². The fourth-order valence-corrected chi connectivity index (χ4v) is 11.3. The van der Waals surface area contributed by atoms with Crippen LogP contribution in [0.25, 0.3) is 0 Å². The molecule has 0 spiro atoms. The number of hydrogen-bond donors (Lipinski definition) is 3. The number of hydrogen-bond acceptors (Lipinski definition) is 15. The summed E-state index contributed by atoms with van der Waals surface area (Å²) in [6.45, 7) is 14.0. The number of unbranched alkanes of at least 4 members (excludes halogenated alkanes) is 28. The number of carbonyl (C=O) groups excluding carboxylic acids is 4. The predicted molar refractivity (Wildman–Crippen MR) is 340 cm³/mol. The number of carbonyl (C=O) groups is 4. The SMILES string of the molecule is CCC(C)CCCCCCCCCCC(=O)OC[C@H](COP(=O)(O)OC[C@@H](O)COP(=O)(O)OC[C@@H](COC(=O)CCCCCCCCC(C)C)OC(=O)CCCCCCCCCCCC(C)C)OC(=O)CCCCCCCCCCCC(C)C. The van der Waals surface area contributed by atoms with Gasteiger partial charge in [-0.05, 0) is 49.4 Å². The van der Waals surface area contributed by atoms with E-state index in [2.05, 4.69) is 55.4 Å². The zero-order valence-electron chi connectivity index (χ0n) is 55.2. The van der Waals surface area contributed by atoms with E-state index in [0.29, 0.717) is 31.6 Å². The van der Waals surface area contributed by atoms with Crippen molar-refractivity contribution in [3.63, 3.8) is 0 Å². The summed E-state index contributed by atoms with van der Waals surface area (Å²) in [5, 5.41) is 10.6. The van der Waals surface area contributed by atoms with E-state index in [1.807, 2.05) is 0 Å². The van der Waals surface area contributed by atoms with Gasteiger partial charge in [-0.1, -0.05) is 267 Å². The molecule has 0 radical (unpaired) electrons. The topological polar surface area (TPSA) is 237 Å². The predicted octanol–water partition coefficient (Wildman–Crippen LogP) is 18.1. The number of ether oxygens (including phenoxy) is 4. The van der Waals surface area contributed by atoms with E-state index in [-0.39, 0.29) is 25.7 Å². The molecule has 0 rings (SSSR count). The first kappa shape index (κ1) is 83.1.